The van der Waals surface area contributed by atoms with Crippen molar-refractivity contribution in [2.45, 2.75) is 13.1 Å². The third kappa shape index (κ3) is 1.62. The summed E-state index contributed by atoms with van der Waals surface area (Å²) in [7, 11) is 1.46. The number of hydrogen-bond donors (Lipinski definition) is 1. The Kier molecular flexibility index (Phi) is 2.47. The van der Waals surface area contributed by atoms with E-state index >= 15 is 0 Å². The lowest BCUT2D eigenvalue weighted by atomic mass is 10.3. The third-order valence-electron chi connectivity index (χ3n) is 2.93. The maximum Gasteiger partial charge on any atom is 0.295 e. The topological polar surface area (TPSA) is 88.9 Å². The zero-order valence-electron chi connectivity index (χ0n) is 9.83. The van der Waals surface area contributed by atoms with Crippen LogP contribution in [0.3, 0.4) is 0 Å². The van der Waals surface area contributed by atoms with Crippen LogP contribution in [0.4, 0.5) is 5.82 Å². The van der Waals surface area contributed by atoms with Gasteiger partial charge in [-0.3, -0.25) is 4.79 Å². The Labute approximate surface area is 102 Å². The summed E-state index contributed by atoms with van der Waals surface area (Å²) in [6.07, 6.45) is 3.08. The number of aromatic nitrogens is 5. The lowest BCUT2D eigenvalue weighted by molar-refractivity contribution is 0.403. The molecule has 18 heavy (non-hydrogen) atoms. The average molecular weight is 248 g/mol. The van der Waals surface area contributed by atoms with Crippen molar-refractivity contribution in [3.63, 3.8) is 0 Å². The minimum atomic E-state index is -0.283. The van der Waals surface area contributed by atoms with Crippen LogP contribution in [0.2, 0.25) is 0 Å². The quantitative estimate of drug-likeness (QED) is 0.762. The molecule has 3 rings (SSSR count). The van der Waals surface area contributed by atoms with Gasteiger partial charge in [0.15, 0.2) is 11.6 Å². The SMILES string of the molecule is COc1c(N2CCn3cnnc3C2)nc[nH]c1=O. The van der Waals surface area contributed by atoms with Crippen LogP contribution < -0.4 is 15.2 Å². The first-order valence-electron chi connectivity index (χ1n) is 5.53. The van der Waals surface area contributed by atoms with Crippen LogP contribution in [0.1, 0.15) is 5.82 Å². The summed E-state index contributed by atoms with van der Waals surface area (Å²) in [5.74, 6) is 1.62. The van der Waals surface area contributed by atoms with Crippen molar-refractivity contribution in [3.05, 3.63) is 28.8 Å². The van der Waals surface area contributed by atoms with E-state index < -0.39 is 0 Å². The molecule has 2 aromatic heterocycles. The molecule has 8 heteroatoms. The third-order valence-corrected chi connectivity index (χ3v) is 2.93. The van der Waals surface area contributed by atoms with Gasteiger partial charge < -0.3 is 19.2 Å². The van der Waals surface area contributed by atoms with E-state index in [2.05, 4.69) is 20.2 Å². The van der Waals surface area contributed by atoms with E-state index in [-0.39, 0.29) is 11.3 Å². The molecular formula is C10H12N6O2. The van der Waals surface area contributed by atoms with E-state index in [4.69, 9.17) is 4.74 Å². The fourth-order valence-corrected chi connectivity index (χ4v) is 2.03. The lowest BCUT2D eigenvalue weighted by Gasteiger charge is -2.28. The minimum Gasteiger partial charge on any atom is -0.489 e. The van der Waals surface area contributed by atoms with E-state index in [9.17, 15) is 4.79 Å². The van der Waals surface area contributed by atoms with Gasteiger partial charge in [0.05, 0.1) is 20.0 Å². The van der Waals surface area contributed by atoms with Crippen LogP contribution in [-0.4, -0.2) is 38.4 Å². The second-order valence-electron chi connectivity index (χ2n) is 3.95. The van der Waals surface area contributed by atoms with Crippen LogP contribution in [0.25, 0.3) is 0 Å². The Bertz CT molecular complexity index is 619. The summed E-state index contributed by atoms with van der Waals surface area (Å²) in [5.41, 5.74) is -0.283. The van der Waals surface area contributed by atoms with Crippen molar-refractivity contribution in [2.24, 2.45) is 0 Å². The molecule has 94 valence electrons. The molecule has 0 spiro atoms. The number of hydrogen-bond acceptors (Lipinski definition) is 6. The predicted molar refractivity (Wildman–Crippen MR) is 62.5 cm³/mol. The molecule has 0 amide bonds. The van der Waals surface area contributed by atoms with Crippen molar-refractivity contribution < 1.29 is 4.74 Å². The van der Waals surface area contributed by atoms with Crippen molar-refractivity contribution >= 4 is 5.82 Å². The number of rotatable bonds is 2. The molecule has 2 aromatic rings. The summed E-state index contributed by atoms with van der Waals surface area (Å²) < 4.78 is 7.09. The van der Waals surface area contributed by atoms with E-state index in [1.807, 2.05) is 9.47 Å². The Morgan fingerprint density at radius 1 is 1.44 bits per heavy atom. The van der Waals surface area contributed by atoms with Crippen LogP contribution in [0.5, 0.6) is 5.75 Å². The van der Waals surface area contributed by atoms with Gasteiger partial charge in [-0.15, -0.1) is 10.2 Å². The lowest BCUT2D eigenvalue weighted by Crippen LogP contribution is -2.35. The summed E-state index contributed by atoms with van der Waals surface area (Å²) in [6, 6.07) is 0. The van der Waals surface area contributed by atoms with Gasteiger partial charge in [0.1, 0.15) is 6.33 Å². The molecule has 0 unspecified atom stereocenters. The van der Waals surface area contributed by atoms with Crippen LogP contribution in [0.15, 0.2) is 17.4 Å². The number of nitrogens with zero attached hydrogens (tertiary/aromatic N) is 5. The number of anilines is 1. The van der Waals surface area contributed by atoms with Gasteiger partial charge in [-0.05, 0) is 0 Å². The van der Waals surface area contributed by atoms with Gasteiger partial charge >= 0.3 is 0 Å². The summed E-state index contributed by atoms with van der Waals surface area (Å²) in [5, 5.41) is 7.89. The van der Waals surface area contributed by atoms with E-state index in [1.54, 1.807) is 6.33 Å². The molecule has 0 saturated heterocycles. The van der Waals surface area contributed by atoms with Gasteiger partial charge in [0.25, 0.3) is 5.56 Å². The van der Waals surface area contributed by atoms with Gasteiger partial charge in [-0.1, -0.05) is 0 Å². The highest BCUT2D eigenvalue weighted by atomic mass is 16.5. The van der Waals surface area contributed by atoms with Crippen molar-refractivity contribution in [3.8, 4) is 5.75 Å². The second-order valence-corrected chi connectivity index (χ2v) is 3.95. The molecule has 0 aliphatic carbocycles. The molecule has 8 nitrogen and oxygen atoms in total. The number of fused-ring (bicyclic) bond motifs is 1. The fourth-order valence-electron chi connectivity index (χ4n) is 2.03. The van der Waals surface area contributed by atoms with Crippen molar-refractivity contribution in [1.82, 2.24) is 24.7 Å². The normalized spacial score (nSPS) is 14.4. The Morgan fingerprint density at radius 3 is 3.17 bits per heavy atom. The first-order chi connectivity index (χ1) is 8.79. The number of nitrogens with one attached hydrogen (secondary N) is 1. The van der Waals surface area contributed by atoms with E-state index in [0.717, 1.165) is 18.9 Å². The molecule has 0 aromatic carbocycles. The molecule has 0 saturated carbocycles. The highest BCUT2D eigenvalue weighted by Gasteiger charge is 2.22. The fraction of sp³-hybridized carbons (Fsp3) is 0.400. The van der Waals surface area contributed by atoms with Gasteiger partial charge in [0.2, 0.25) is 5.75 Å². The highest BCUT2D eigenvalue weighted by Crippen LogP contribution is 2.23. The maximum atomic E-state index is 11.6. The largest absolute Gasteiger partial charge is 0.489 e. The van der Waals surface area contributed by atoms with E-state index in [1.165, 1.54) is 13.4 Å². The average Bonchev–Trinajstić information content (AvgIpc) is 2.85. The summed E-state index contributed by atoms with van der Waals surface area (Å²) in [6.45, 7) is 2.06. The Morgan fingerprint density at radius 2 is 2.33 bits per heavy atom. The highest BCUT2D eigenvalue weighted by molar-refractivity contribution is 5.50. The first-order valence-corrected chi connectivity index (χ1v) is 5.53. The van der Waals surface area contributed by atoms with Crippen molar-refractivity contribution in [1.29, 1.82) is 0 Å². The number of H-pyrrole nitrogens is 1. The van der Waals surface area contributed by atoms with Crippen molar-refractivity contribution in [2.75, 3.05) is 18.6 Å². The second kappa shape index (κ2) is 4.13. The standard InChI is InChI=1S/C10H12N6O2/c1-18-8-9(11-5-12-10(8)17)15-2-3-16-6-13-14-7(16)4-15/h5-6H,2-4H2,1H3,(H,11,12,17). The number of aromatic amines is 1. The molecule has 3 heterocycles. The molecule has 0 fully saturated rings. The van der Waals surface area contributed by atoms with Crippen LogP contribution in [0, 0.1) is 0 Å². The zero-order valence-corrected chi connectivity index (χ0v) is 9.83. The molecule has 0 atom stereocenters. The summed E-state index contributed by atoms with van der Waals surface area (Å²) in [4.78, 5) is 20.3. The van der Waals surface area contributed by atoms with Crippen LogP contribution >= 0.6 is 0 Å². The van der Waals surface area contributed by atoms with Gasteiger partial charge in [-0.2, -0.15) is 0 Å². The molecule has 1 aliphatic heterocycles. The number of methoxy groups -OCH3 is 1. The molecule has 1 aliphatic rings. The zero-order chi connectivity index (χ0) is 12.5. The molecule has 1 N–H and O–H groups in total. The van der Waals surface area contributed by atoms with E-state index in [0.29, 0.717) is 12.4 Å². The molecule has 0 bridgehead atoms. The monoisotopic (exact) mass is 248 g/mol. The first kappa shape index (κ1) is 10.8. The van der Waals surface area contributed by atoms with Crippen LogP contribution in [-0.2, 0) is 13.1 Å². The number of ether oxygens (including phenoxy) is 1. The predicted octanol–water partition coefficient (Wildman–Crippen LogP) is -0.610. The van der Waals surface area contributed by atoms with Gasteiger partial charge in [-0.25, -0.2) is 4.98 Å². The maximum absolute atomic E-state index is 11.6. The Hall–Kier alpha value is -2.38. The smallest absolute Gasteiger partial charge is 0.295 e. The van der Waals surface area contributed by atoms with Gasteiger partial charge in [0, 0.05) is 13.1 Å². The molecule has 0 radical (unpaired) electrons. The minimum absolute atomic E-state index is 0.227. The Balaban J connectivity index is 1.98. The summed E-state index contributed by atoms with van der Waals surface area (Å²) >= 11 is 0. The molecular weight excluding hydrogens is 236 g/mol.